The largest absolute Gasteiger partial charge is 0.213 e. The lowest BCUT2D eigenvalue weighted by molar-refractivity contribution is -0.766. The second-order valence-corrected chi connectivity index (χ2v) is 12.9. The van der Waals surface area contributed by atoms with Gasteiger partial charge in [0.1, 0.15) is 7.05 Å². The maximum absolute atomic E-state index is 2.61. The van der Waals surface area contributed by atoms with Gasteiger partial charge in [-0.2, -0.15) is 4.57 Å². The minimum atomic E-state index is -0.0401. The second kappa shape index (κ2) is 12.5. The van der Waals surface area contributed by atoms with Gasteiger partial charge in [-0.15, -0.1) is 0 Å². The van der Waals surface area contributed by atoms with Crippen LogP contribution >= 0.6 is 0 Å². The summed E-state index contributed by atoms with van der Waals surface area (Å²) in [6, 6.07) is 38.6. The van der Waals surface area contributed by atoms with Crippen LogP contribution in [-0.2, 0) is 30.8 Å². The molecule has 6 rings (SSSR count). The fourth-order valence-corrected chi connectivity index (χ4v) is 8.01. The summed E-state index contributed by atoms with van der Waals surface area (Å²) >= 11 is 0. The van der Waals surface area contributed by atoms with Crippen molar-refractivity contribution in [3.63, 3.8) is 0 Å². The molecule has 0 spiro atoms. The molecule has 2 atom stereocenters. The van der Waals surface area contributed by atoms with Crippen LogP contribution in [0.2, 0.25) is 0 Å². The standard InChI is InChI=1S/C42H48N2/c1-6-9-17-32-23-24-37-38(30-32)42(8-3,41(4,7-2)44-28-16-15-22-39(37)44)27-25-34-20-13-14-21-36(34)40-31-35(26-29-43(40)5)33-18-11-10-12-19-33/h10-16,18-24,26,28-31H,6-9,17,25,27H2,1-5H3/q+2. The molecule has 1 aliphatic rings. The highest BCUT2D eigenvalue weighted by molar-refractivity contribution is 5.70. The summed E-state index contributed by atoms with van der Waals surface area (Å²) in [5.74, 6) is 0. The molecule has 2 nitrogen and oxygen atoms in total. The quantitative estimate of drug-likeness (QED) is 0.145. The molecule has 0 N–H and O–H groups in total. The summed E-state index contributed by atoms with van der Waals surface area (Å²) in [7, 11) is 2.17. The lowest BCUT2D eigenvalue weighted by Gasteiger charge is -2.48. The third kappa shape index (κ3) is 5.09. The van der Waals surface area contributed by atoms with Gasteiger partial charge in [-0.25, -0.2) is 4.57 Å². The zero-order chi connectivity index (χ0) is 30.7. The van der Waals surface area contributed by atoms with Crippen LogP contribution in [0.15, 0.2) is 116 Å². The van der Waals surface area contributed by atoms with Crippen molar-refractivity contribution in [2.75, 3.05) is 0 Å². The van der Waals surface area contributed by atoms with E-state index < -0.39 is 0 Å². The van der Waals surface area contributed by atoms with Gasteiger partial charge in [0.25, 0.3) is 0 Å². The second-order valence-electron chi connectivity index (χ2n) is 12.9. The van der Waals surface area contributed by atoms with E-state index >= 15 is 0 Å². The summed E-state index contributed by atoms with van der Waals surface area (Å²) in [4.78, 5) is 0. The SMILES string of the molecule is CCCCc1ccc2c(c1)C(CC)(CCc1ccccc1-c1cc(-c3ccccc3)cc[n+]1C)C(C)(CC)[n+]1ccccc1-2. The van der Waals surface area contributed by atoms with E-state index in [1.165, 1.54) is 57.6 Å². The number of aryl methyl sites for hydroxylation is 3. The van der Waals surface area contributed by atoms with Crippen molar-refractivity contribution in [1.82, 2.24) is 0 Å². The highest BCUT2D eigenvalue weighted by atomic mass is 15.1. The number of fused-ring (bicyclic) bond motifs is 3. The average molecular weight is 581 g/mol. The molecule has 2 heteroatoms. The van der Waals surface area contributed by atoms with Crippen LogP contribution in [0.1, 0.15) is 76.5 Å². The summed E-state index contributed by atoms with van der Waals surface area (Å²) in [5, 5.41) is 0. The first-order valence-electron chi connectivity index (χ1n) is 16.7. The summed E-state index contributed by atoms with van der Waals surface area (Å²) in [6.45, 7) is 9.64. The van der Waals surface area contributed by atoms with Crippen molar-refractivity contribution in [3.8, 4) is 33.6 Å². The molecule has 224 valence electrons. The van der Waals surface area contributed by atoms with Gasteiger partial charge in [-0.3, -0.25) is 0 Å². The van der Waals surface area contributed by atoms with E-state index in [-0.39, 0.29) is 11.0 Å². The van der Waals surface area contributed by atoms with Crippen molar-refractivity contribution < 1.29 is 9.13 Å². The molecule has 3 aromatic carbocycles. The molecule has 2 unspecified atom stereocenters. The van der Waals surface area contributed by atoms with Gasteiger partial charge in [-0.05, 0) is 78.1 Å². The van der Waals surface area contributed by atoms with Gasteiger partial charge in [0.2, 0.25) is 11.4 Å². The maximum Gasteiger partial charge on any atom is 0.213 e. The Morgan fingerprint density at radius 3 is 2.18 bits per heavy atom. The highest BCUT2D eigenvalue weighted by Gasteiger charge is 2.58. The maximum atomic E-state index is 2.61. The van der Waals surface area contributed by atoms with Crippen molar-refractivity contribution in [2.45, 2.75) is 83.6 Å². The van der Waals surface area contributed by atoms with Crippen LogP contribution in [0, 0.1) is 0 Å². The lowest BCUT2D eigenvalue weighted by atomic mass is 9.57. The molecule has 0 saturated heterocycles. The number of hydrogen-bond acceptors (Lipinski definition) is 0. The van der Waals surface area contributed by atoms with Crippen LogP contribution in [0.25, 0.3) is 33.6 Å². The van der Waals surface area contributed by atoms with E-state index in [1.54, 1.807) is 5.56 Å². The molecule has 0 saturated carbocycles. The fourth-order valence-electron chi connectivity index (χ4n) is 8.01. The van der Waals surface area contributed by atoms with Crippen LogP contribution in [0.3, 0.4) is 0 Å². The summed E-state index contributed by atoms with van der Waals surface area (Å²) < 4.78 is 4.89. The van der Waals surface area contributed by atoms with E-state index in [2.05, 4.69) is 159 Å². The number of aromatic nitrogens is 2. The minimum absolute atomic E-state index is 0.000482. The first kappa shape index (κ1) is 30.0. The summed E-state index contributed by atoms with van der Waals surface area (Å²) in [6.07, 6.45) is 12.5. The molecule has 0 radical (unpaired) electrons. The number of unbranched alkanes of at least 4 members (excludes halogenated alkanes) is 1. The van der Waals surface area contributed by atoms with Crippen LogP contribution < -0.4 is 9.13 Å². The normalized spacial score (nSPS) is 18.9. The average Bonchev–Trinajstić information content (AvgIpc) is 3.08. The lowest BCUT2D eigenvalue weighted by Crippen LogP contribution is -2.68. The molecule has 5 aromatic rings. The molecule has 1 aliphatic heterocycles. The Kier molecular flexibility index (Phi) is 8.54. The number of hydrogen-bond donors (Lipinski definition) is 0. The van der Waals surface area contributed by atoms with Gasteiger partial charge >= 0.3 is 0 Å². The van der Waals surface area contributed by atoms with Crippen LogP contribution in [0.5, 0.6) is 0 Å². The Labute approximate surface area is 265 Å². The van der Waals surface area contributed by atoms with Gasteiger partial charge in [0.05, 0.1) is 11.0 Å². The summed E-state index contributed by atoms with van der Waals surface area (Å²) in [5.41, 5.74) is 12.3. The Morgan fingerprint density at radius 2 is 1.41 bits per heavy atom. The first-order chi connectivity index (χ1) is 21.5. The number of benzene rings is 3. The van der Waals surface area contributed by atoms with Gasteiger partial charge in [-0.1, -0.05) is 87.9 Å². The molecule has 0 bridgehead atoms. The first-order valence-corrected chi connectivity index (χ1v) is 16.7. The van der Waals surface area contributed by atoms with E-state index in [9.17, 15) is 0 Å². The van der Waals surface area contributed by atoms with Crippen LogP contribution in [-0.4, -0.2) is 0 Å². The van der Waals surface area contributed by atoms with E-state index in [4.69, 9.17) is 0 Å². The molecule has 0 aliphatic carbocycles. The van der Waals surface area contributed by atoms with Crippen molar-refractivity contribution in [1.29, 1.82) is 0 Å². The number of nitrogens with zero attached hydrogens (tertiary/aromatic N) is 2. The smallest absolute Gasteiger partial charge is 0.201 e. The molecule has 2 aromatic heterocycles. The van der Waals surface area contributed by atoms with Crippen molar-refractivity contribution in [2.24, 2.45) is 7.05 Å². The molecule has 0 amide bonds. The van der Waals surface area contributed by atoms with E-state index in [0.29, 0.717) is 0 Å². The van der Waals surface area contributed by atoms with E-state index in [0.717, 1.165) is 32.1 Å². The van der Waals surface area contributed by atoms with Crippen molar-refractivity contribution in [3.05, 3.63) is 132 Å². The van der Waals surface area contributed by atoms with E-state index in [1.807, 2.05) is 0 Å². The van der Waals surface area contributed by atoms with Gasteiger partial charge in [0, 0.05) is 43.2 Å². The monoisotopic (exact) mass is 580 g/mol. The molecule has 44 heavy (non-hydrogen) atoms. The van der Waals surface area contributed by atoms with Crippen molar-refractivity contribution >= 4 is 0 Å². The third-order valence-electron chi connectivity index (χ3n) is 10.8. The van der Waals surface area contributed by atoms with Gasteiger partial charge < -0.3 is 0 Å². The zero-order valence-corrected chi connectivity index (χ0v) is 27.3. The molecular weight excluding hydrogens is 532 g/mol. The third-order valence-corrected chi connectivity index (χ3v) is 10.8. The Bertz CT molecular complexity index is 1750. The Morgan fingerprint density at radius 1 is 0.636 bits per heavy atom. The minimum Gasteiger partial charge on any atom is -0.201 e. The highest BCUT2D eigenvalue weighted by Crippen LogP contribution is 2.52. The van der Waals surface area contributed by atoms with Crippen LogP contribution in [0.4, 0.5) is 0 Å². The predicted octanol–water partition coefficient (Wildman–Crippen LogP) is 9.56. The molecule has 0 fully saturated rings. The molecule has 3 heterocycles. The van der Waals surface area contributed by atoms with Gasteiger partial charge in [0.15, 0.2) is 17.9 Å². The molecular formula is C42H48N2+2. The number of rotatable bonds is 10. The fraction of sp³-hybridized carbons (Fsp3) is 0.333. The number of pyridine rings is 2. The Hall–Kier alpha value is -4.04. The Balaban J connectivity index is 1.46. The zero-order valence-electron chi connectivity index (χ0n) is 27.3. The topological polar surface area (TPSA) is 7.76 Å². The predicted molar refractivity (Wildman–Crippen MR) is 183 cm³/mol.